The Hall–Kier alpha value is -1.65. The van der Waals surface area contributed by atoms with Crippen LogP contribution in [0.1, 0.15) is 0 Å². The molecule has 0 aliphatic carbocycles. The van der Waals surface area contributed by atoms with E-state index in [1.807, 2.05) is 24.3 Å². The van der Waals surface area contributed by atoms with E-state index in [0.29, 0.717) is 17.5 Å². The zero-order valence-electron chi connectivity index (χ0n) is 7.83. The summed E-state index contributed by atoms with van der Waals surface area (Å²) in [4.78, 5) is 6.94. The monoisotopic (exact) mass is 220 g/mol. The third-order valence-electron chi connectivity index (χ3n) is 1.75. The molecule has 0 saturated heterocycles. The van der Waals surface area contributed by atoms with E-state index in [4.69, 9.17) is 9.95 Å². The molecule has 1 heterocycles. The van der Waals surface area contributed by atoms with Gasteiger partial charge in [0.05, 0.1) is 0 Å². The van der Waals surface area contributed by atoms with Crippen molar-refractivity contribution in [2.24, 2.45) is 5.11 Å². The van der Waals surface area contributed by atoms with Crippen LogP contribution in [0.2, 0.25) is 0 Å². The van der Waals surface area contributed by atoms with Crippen molar-refractivity contribution in [2.45, 2.75) is 5.22 Å². The lowest BCUT2D eigenvalue weighted by Gasteiger charge is -1.89. The lowest BCUT2D eigenvalue weighted by molar-refractivity contribution is 0.489. The fourth-order valence-electron chi connectivity index (χ4n) is 1.13. The van der Waals surface area contributed by atoms with Crippen molar-refractivity contribution < 1.29 is 4.42 Å². The molecule has 1 aromatic carbocycles. The molecule has 0 unspecified atom stereocenters. The summed E-state index contributed by atoms with van der Waals surface area (Å²) in [5.41, 5.74) is 9.72. The van der Waals surface area contributed by atoms with E-state index < -0.39 is 0 Å². The highest BCUT2D eigenvalue weighted by Crippen LogP contribution is 2.22. The summed E-state index contributed by atoms with van der Waals surface area (Å²) in [6.07, 6.45) is 0. The highest BCUT2D eigenvalue weighted by molar-refractivity contribution is 7.99. The number of oxazole rings is 1. The van der Waals surface area contributed by atoms with Gasteiger partial charge in [0, 0.05) is 17.2 Å². The first-order valence-corrected chi connectivity index (χ1v) is 5.38. The van der Waals surface area contributed by atoms with Crippen molar-refractivity contribution in [1.29, 1.82) is 0 Å². The van der Waals surface area contributed by atoms with E-state index in [0.717, 1.165) is 11.1 Å². The number of nitrogens with zero attached hydrogens (tertiary/aromatic N) is 4. The summed E-state index contributed by atoms with van der Waals surface area (Å²) in [6.45, 7) is 0.444. The predicted molar refractivity (Wildman–Crippen MR) is 58.7 cm³/mol. The van der Waals surface area contributed by atoms with Gasteiger partial charge < -0.3 is 4.42 Å². The van der Waals surface area contributed by atoms with Crippen molar-refractivity contribution in [3.8, 4) is 0 Å². The van der Waals surface area contributed by atoms with E-state index in [9.17, 15) is 0 Å². The second kappa shape index (κ2) is 4.72. The minimum Gasteiger partial charge on any atom is -0.431 e. The van der Waals surface area contributed by atoms with Gasteiger partial charge in [-0.2, -0.15) is 0 Å². The lowest BCUT2D eigenvalue weighted by atomic mass is 10.3. The fraction of sp³-hybridized carbons (Fsp3) is 0.222. The molecular formula is C9H8N4OS. The van der Waals surface area contributed by atoms with E-state index >= 15 is 0 Å². The summed E-state index contributed by atoms with van der Waals surface area (Å²) >= 11 is 1.44. The first-order valence-electron chi connectivity index (χ1n) is 4.39. The molecule has 0 atom stereocenters. The number of aromatic nitrogens is 1. The first kappa shape index (κ1) is 9.89. The molecule has 0 aliphatic rings. The largest absolute Gasteiger partial charge is 0.431 e. The number of azide groups is 1. The summed E-state index contributed by atoms with van der Waals surface area (Å²) in [7, 11) is 0. The van der Waals surface area contributed by atoms with Gasteiger partial charge in [-0.3, -0.25) is 0 Å². The third-order valence-corrected chi connectivity index (χ3v) is 2.56. The molecule has 15 heavy (non-hydrogen) atoms. The van der Waals surface area contributed by atoms with Crippen LogP contribution in [0.25, 0.3) is 21.5 Å². The topological polar surface area (TPSA) is 74.8 Å². The highest BCUT2D eigenvalue weighted by Gasteiger charge is 2.04. The third kappa shape index (κ3) is 2.43. The molecule has 0 saturated carbocycles. The molecule has 2 aromatic rings. The SMILES string of the molecule is [N-]=[N+]=NCCSc1nc2ccccc2o1. The van der Waals surface area contributed by atoms with E-state index in [2.05, 4.69) is 15.0 Å². The van der Waals surface area contributed by atoms with E-state index in [1.165, 1.54) is 11.8 Å². The molecule has 1 aromatic heterocycles. The van der Waals surface area contributed by atoms with Gasteiger partial charge in [-0.05, 0) is 17.7 Å². The Morgan fingerprint density at radius 1 is 1.47 bits per heavy atom. The summed E-state index contributed by atoms with van der Waals surface area (Å²) in [6, 6.07) is 7.59. The van der Waals surface area contributed by atoms with E-state index in [-0.39, 0.29) is 0 Å². The summed E-state index contributed by atoms with van der Waals surface area (Å²) < 4.78 is 5.47. The van der Waals surface area contributed by atoms with Crippen LogP contribution in [-0.2, 0) is 0 Å². The van der Waals surface area contributed by atoms with Crippen LogP contribution in [0.15, 0.2) is 39.0 Å². The summed E-state index contributed by atoms with van der Waals surface area (Å²) in [5, 5.41) is 4.05. The molecule has 0 amide bonds. The first-order chi connectivity index (χ1) is 7.40. The van der Waals surface area contributed by atoms with Gasteiger partial charge in [0.25, 0.3) is 5.22 Å². The number of rotatable bonds is 4. The van der Waals surface area contributed by atoms with Crippen molar-refractivity contribution >= 4 is 22.9 Å². The Labute approximate surface area is 90.1 Å². The molecule has 76 valence electrons. The van der Waals surface area contributed by atoms with Gasteiger partial charge in [0.1, 0.15) is 5.52 Å². The number of thioether (sulfide) groups is 1. The molecule has 2 rings (SSSR count). The Bertz CT molecular complexity index is 471. The quantitative estimate of drug-likeness (QED) is 0.261. The molecule has 0 spiro atoms. The van der Waals surface area contributed by atoms with Crippen molar-refractivity contribution in [1.82, 2.24) is 4.98 Å². The number of para-hydroxylation sites is 2. The maximum atomic E-state index is 8.09. The number of hydrogen-bond donors (Lipinski definition) is 0. The molecule has 0 N–H and O–H groups in total. The lowest BCUT2D eigenvalue weighted by Crippen LogP contribution is -1.82. The van der Waals surface area contributed by atoms with Gasteiger partial charge in [0.15, 0.2) is 5.58 Å². The van der Waals surface area contributed by atoms with E-state index in [1.54, 1.807) is 0 Å². The average Bonchev–Trinajstić information content (AvgIpc) is 2.67. The van der Waals surface area contributed by atoms with Crippen molar-refractivity contribution in [3.05, 3.63) is 34.7 Å². The van der Waals surface area contributed by atoms with Gasteiger partial charge >= 0.3 is 0 Å². The zero-order valence-corrected chi connectivity index (χ0v) is 8.65. The van der Waals surface area contributed by atoms with Crippen molar-refractivity contribution in [3.63, 3.8) is 0 Å². The van der Waals surface area contributed by atoms with Gasteiger partial charge in [-0.15, -0.1) is 0 Å². The predicted octanol–water partition coefficient (Wildman–Crippen LogP) is 3.23. The number of fused-ring (bicyclic) bond motifs is 1. The second-order valence-electron chi connectivity index (χ2n) is 2.75. The van der Waals surface area contributed by atoms with Crippen LogP contribution >= 0.6 is 11.8 Å². The number of hydrogen-bond acceptors (Lipinski definition) is 4. The maximum absolute atomic E-state index is 8.09. The smallest absolute Gasteiger partial charge is 0.256 e. The minimum absolute atomic E-state index is 0.444. The Morgan fingerprint density at radius 3 is 3.13 bits per heavy atom. The molecular weight excluding hydrogens is 212 g/mol. The molecule has 0 aliphatic heterocycles. The molecule has 0 fully saturated rings. The number of benzene rings is 1. The van der Waals surface area contributed by atoms with Crippen molar-refractivity contribution in [2.75, 3.05) is 12.3 Å². The molecule has 5 nitrogen and oxygen atoms in total. The average molecular weight is 220 g/mol. The van der Waals surface area contributed by atoms with Gasteiger partial charge in [0.2, 0.25) is 0 Å². The summed E-state index contributed by atoms with van der Waals surface area (Å²) in [5.74, 6) is 0.677. The van der Waals surface area contributed by atoms with Gasteiger partial charge in [-0.25, -0.2) is 4.98 Å². The zero-order chi connectivity index (χ0) is 10.5. The Balaban J connectivity index is 2.05. The Kier molecular flexibility index (Phi) is 3.11. The second-order valence-corrected chi connectivity index (χ2v) is 3.80. The molecule has 6 heteroatoms. The van der Waals surface area contributed by atoms with Crippen LogP contribution < -0.4 is 0 Å². The van der Waals surface area contributed by atoms with Crippen LogP contribution in [-0.4, -0.2) is 17.3 Å². The normalized spacial score (nSPS) is 10.1. The standard InChI is InChI=1S/C9H8N4OS/c10-13-11-5-6-15-9-12-7-3-1-2-4-8(7)14-9/h1-4H,5-6H2. The van der Waals surface area contributed by atoms with Gasteiger partial charge in [-0.1, -0.05) is 29.0 Å². The molecule has 0 radical (unpaired) electrons. The maximum Gasteiger partial charge on any atom is 0.256 e. The van der Waals surface area contributed by atoms with Crippen LogP contribution in [0, 0.1) is 0 Å². The van der Waals surface area contributed by atoms with Crippen LogP contribution in [0.3, 0.4) is 0 Å². The highest BCUT2D eigenvalue weighted by atomic mass is 32.2. The van der Waals surface area contributed by atoms with Crippen LogP contribution in [0.4, 0.5) is 0 Å². The minimum atomic E-state index is 0.444. The van der Waals surface area contributed by atoms with Crippen LogP contribution in [0.5, 0.6) is 0 Å². The molecule has 0 bridgehead atoms. The fourth-order valence-corrected chi connectivity index (χ4v) is 1.79. The Morgan fingerprint density at radius 2 is 2.33 bits per heavy atom.